The van der Waals surface area contributed by atoms with Crippen LogP contribution in [0.4, 0.5) is 0 Å². The third kappa shape index (κ3) is 38.6. The monoisotopic (exact) mass is 1070 g/mol. The summed E-state index contributed by atoms with van der Waals surface area (Å²) in [5.74, 6) is 0. The summed E-state index contributed by atoms with van der Waals surface area (Å²) < 4.78 is 1.72. The summed E-state index contributed by atoms with van der Waals surface area (Å²) in [7, 11) is -2.69. The fourth-order valence-electron chi connectivity index (χ4n) is 11.6. The summed E-state index contributed by atoms with van der Waals surface area (Å²) in [6.07, 6.45) is 77.2. The van der Waals surface area contributed by atoms with Gasteiger partial charge in [0, 0.05) is 0 Å². The van der Waals surface area contributed by atoms with Crippen molar-refractivity contribution in [3.63, 3.8) is 0 Å². The van der Waals surface area contributed by atoms with Gasteiger partial charge in [-0.05, 0) is 0 Å². The first-order valence-electron chi connectivity index (χ1n) is 30.7. The van der Waals surface area contributed by atoms with E-state index in [-0.39, 0.29) is 0 Å². The maximum atomic E-state index is 4.56. The van der Waals surface area contributed by atoms with Gasteiger partial charge in [-0.2, -0.15) is 0 Å². The van der Waals surface area contributed by atoms with Crippen LogP contribution in [-0.2, 0) is 0 Å². The van der Waals surface area contributed by atoms with Crippen molar-refractivity contribution in [3.05, 3.63) is 0 Å². The predicted molar refractivity (Wildman–Crippen MR) is 318 cm³/mol. The molecule has 0 heterocycles. The van der Waals surface area contributed by atoms with Crippen molar-refractivity contribution in [1.29, 1.82) is 0 Å². The fourth-order valence-corrected chi connectivity index (χ4v) is 27.1. The average Bonchev–Trinajstić information content (AvgIpc) is 3.30. The average molecular weight is 1070 g/mol. The van der Waals surface area contributed by atoms with Gasteiger partial charge in [-0.3, -0.25) is 0 Å². The van der Waals surface area contributed by atoms with E-state index in [2.05, 4.69) is 73.4 Å². The van der Waals surface area contributed by atoms with E-state index in [9.17, 15) is 0 Å². The molecule has 0 aliphatic carbocycles. The second-order valence-corrected chi connectivity index (χ2v) is 35.9. The summed E-state index contributed by atoms with van der Waals surface area (Å²) in [6, 6.07) is 0. The van der Waals surface area contributed by atoms with Crippen molar-refractivity contribution in [3.8, 4) is 0 Å². The van der Waals surface area contributed by atoms with Gasteiger partial charge in [-0.15, -0.1) is 0 Å². The van der Waals surface area contributed by atoms with Crippen molar-refractivity contribution < 1.29 is 0 Å². The molecule has 0 saturated heterocycles. The molecule has 0 aromatic carbocycles. The Labute approximate surface area is 426 Å². The minimum atomic E-state index is -1.35. The van der Waals surface area contributed by atoms with Gasteiger partial charge in [0.05, 0.1) is 0 Å². The Kier molecular flexibility index (Phi) is 52.6. The van der Waals surface area contributed by atoms with Gasteiger partial charge in [-0.25, -0.2) is 0 Å². The molecule has 0 radical (unpaired) electrons. The molecule has 2 unspecified atom stereocenters. The normalized spacial score (nSPS) is 13.8. The standard InChI is InChI=1S/C60H126Br2P2/c1-7-13-19-25-37-45-53-63(54-46-38-26-20-14-8-2,55-47-39-27-21-15-9-3)59(61)51-43-35-33-31-32-34-36-44-52-60(62)64(56-48-40-28-22-16-10-4,57-49-41-29-23-17-11-5)58-50-42-30-24-18-12-6/h59-60,63-64H,7-58H2,1-6H3. The van der Waals surface area contributed by atoms with Crippen molar-refractivity contribution >= 4 is 46.4 Å². The van der Waals surface area contributed by atoms with E-state index in [0.717, 1.165) is 9.14 Å². The van der Waals surface area contributed by atoms with E-state index in [1.54, 1.807) is 37.0 Å². The van der Waals surface area contributed by atoms with Crippen molar-refractivity contribution in [2.24, 2.45) is 0 Å². The van der Waals surface area contributed by atoms with Crippen molar-refractivity contribution in [1.82, 2.24) is 0 Å². The first-order valence-corrected chi connectivity index (χ1v) is 37.9. The molecule has 0 aliphatic rings. The maximum absolute atomic E-state index is 4.56. The molecule has 0 spiro atoms. The summed E-state index contributed by atoms with van der Waals surface area (Å²) in [5.41, 5.74) is 0. The number of alkyl halides is 2. The molecule has 0 N–H and O–H groups in total. The molecule has 4 heteroatoms. The van der Waals surface area contributed by atoms with E-state index in [1.807, 2.05) is 0 Å². The molecule has 0 bridgehead atoms. The van der Waals surface area contributed by atoms with Gasteiger partial charge in [0.1, 0.15) is 0 Å². The Balaban J connectivity index is 5.22. The molecule has 0 aromatic heterocycles. The van der Waals surface area contributed by atoms with Crippen LogP contribution in [0.5, 0.6) is 0 Å². The molecule has 0 amide bonds. The minimum absolute atomic E-state index is 0.859. The molecular weight excluding hydrogens is 942 g/mol. The third-order valence-corrected chi connectivity index (χ3v) is 34.2. The van der Waals surface area contributed by atoms with Crippen LogP contribution in [0, 0.1) is 0 Å². The van der Waals surface area contributed by atoms with E-state index in [1.165, 1.54) is 295 Å². The Morgan fingerprint density at radius 1 is 0.203 bits per heavy atom. The second-order valence-electron chi connectivity index (χ2n) is 22.2. The Hall–Kier alpha value is 1.82. The number of halogens is 2. The molecule has 0 nitrogen and oxygen atoms in total. The molecule has 0 fully saturated rings. The summed E-state index contributed by atoms with van der Waals surface area (Å²) in [4.78, 5) is 0. The zero-order valence-corrected chi connectivity index (χ0v) is 50.9. The fraction of sp³-hybridized carbons (Fsp3) is 1.00. The van der Waals surface area contributed by atoms with Crippen LogP contribution in [-0.4, -0.2) is 46.1 Å². The van der Waals surface area contributed by atoms with E-state index < -0.39 is 14.5 Å². The summed E-state index contributed by atoms with van der Waals surface area (Å²) in [5, 5.41) is 0. The van der Waals surface area contributed by atoms with Crippen LogP contribution in [0.25, 0.3) is 0 Å². The quantitative estimate of drug-likeness (QED) is 0.0324. The molecule has 64 heavy (non-hydrogen) atoms. The van der Waals surface area contributed by atoms with E-state index >= 15 is 0 Å². The number of hydrogen-bond acceptors (Lipinski definition) is 0. The molecule has 0 rings (SSSR count). The van der Waals surface area contributed by atoms with Gasteiger partial charge >= 0.3 is 429 Å². The molecule has 390 valence electrons. The first kappa shape index (κ1) is 65.8. The van der Waals surface area contributed by atoms with Gasteiger partial charge in [-0.1, -0.05) is 0 Å². The zero-order valence-electron chi connectivity index (χ0n) is 45.7. The third-order valence-electron chi connectivity index (χ3n) is 16.2. The van der Waals surface area contributed by atoms with E-state index in [0.29, 0.717) is 0 Å². The molecule has 0 saturated carbocycles. The van der Waals surface area contributed by atoms with Crippen molar-refractivity contribution in [2.45, 2.75) is 346 Å². The Morgan fingerprint density at radius 3 is 0.516 bits per heavy atom. The summed E-state index contributed by atoms with van der Waals surface area (Å²) >= 11 is 9.12. The van der Waals surface area contributed by atoms with Crippen LogP contribution in [0.1, 0.15) is 337 Å². The van der Waals surface area contributed by atoms with Crippen LogP contribution < -0.4 is 0 Å². The van der Waals surface area contributed by atoms with Crippen LogP contribution >= 0.6 is 46.4 Å². The Morgan fingerprint density at radius 2 is 0.344 bits per heavy atom. The number of unbranched alkanes of at least 4 members (excludes halogenated alkanes) is 37. The first-order chi connectivity index (χ1) is 31.4. The zero-order chi connectivity index (χ0) is 46.9. The SMILES string of the molecule is CCCCCCCC[PH](CCCCCCCC)(CCCCCCCC)C(Br)CCCCCCCCCCC(Br)[PH](CCCCCCCC)(CCCCCCCC)CCCCCCCC. The van der Waals surface area contributed by atoms with Crippen LogP contribution in [0.3, 0.4) is 0 Å². The van der Waals surface area contributed by atoms with Gasteiger partial charge in [0.2, 0.25) is 0 Å². The molecule has 2 atom stereocenters. The second kappa shape index (κ2) is 51.2. The summed E-state index contributed by atoms with van der Waals surface area (Å²) in [6.45, 7) is 14.2. The van der Waals surface area contributed by atoms with Gasteiger partial charge in [0.15, 0.2) is 0 Å². The van der Waals surface area contributed by atoms with Crippen molar-refractivity contribution in [2.75, 3.05) is 37.0 Å². The van der Waals surface area contributed by atoms with Crippen LogP contribution in [0.2, 0.25) is 0 Å². The molecule has 0 aromatic rings. The molecular formula is C60H126Br2P2. The van der Waals surface area contributed by atoms with Crippen LogP contribution in [0.15, 0.2) is 0 Å². The van der Waals surface area contributed by atoms with E-state index in [4.69, 9.17) is 0 Å². The Bertz CT molecular complexity index is 728. The topological polar surface area (TPSA) is 0 Å². The molecule has 0 aliphatic heterocycles. The predicted octanol–water partition coefficient (Wildman–Crippen LogP) is 24.0. The van der Waals surface area contributed by atoms with Gasteiger partial charge < -0.3 is 0 Å². The van der Waals surface area contributed by atoms with Gasteiger partial charge in [0.25, 0.3) is 0 Å². The number of rotatable bonds is 55. The number of hydrogen-bond donors (Lipinski definition) is 0.